The van der Waals surface area contributed by atoms with Crippen molar-refractivity contribution >= 4 is 13.2 Å². The van der Waals surface area contributed by atoms with Crippen molar-refractivity contribution in [1.82, 2.24) is 4.98 Å². The number of hydrogen-bond acceptors (Lipinski definition) is 2. The van der Waals surface area contributed by atoms with E-state index in [0.29, 0.717) is 11.8 Å². The van der Waals surface area contributed by atoms with Gasteiger partial charge in [0.25, 0.3) is 0 Å². The van der Waals surface area contributed by atoms with Gasteiger partial charge in [-0.2, -0.15) is 0 Å². The van der Waals surface area contributed by atoms with Gasteiger partial charge in [0.05, 0.1) is 12.5 Å². The third kappa shape index (κ3) is 1.44. The third-order valence-corrected chi connectivity index (χ3v) is 2.38. The first-order valence-corrected chi connectivity index (χ1v) is 4.45. The maximum atomic E-state index is 5.07. The number of aromatic nitrogens is 1. The minimum Gasteiger partial charge on any atom is -0.481 e. The molecule has 1 aliphatic rings. The molecule has 1 aromatic heterocycles. The van der Waals surface area contributed by atoms with Gasteiger partial charge in [-0.25, -0.2) is 4.98 Å². The Kier molecular flexibility index (Phi) is 1.83. The number of ether oxygens (including phenoxy) is 1. The second-order valence-corrected chi connectivity index (χ2v) is 3.47. The van der Waals surface area contributed by atoms with Crippen molar-refractivity contribution in [3.8, 4) is 5.88 Å². The second-order valence-electron chi connectivity index (χ2n) is 3.47. The van der Waals surface area contributed by atoms with Crippen molar-refractivity contribution in [3.05, 3.63) is 22.2 Å². The zero-order valence-electron chi connectivity index (χ0n) is 7.84. The molecule has 0 atom stereocenters. The molecule has 0 spiro atoms. The van der Waals surface area contributed by atoms with Gasteiger partial charge in [-0.15, -0.1) is 0 Å². The van der Waals surface area contributed by atoms with Crippen LogP contribution < -0.4 is 15.3 Å². The van der Waals surface area contributed by atoms with E-state index in [2.05, 4.69) is 18.1 Å². The molecule has 1 fully saturated rings. The normalized spacial score (nSPS) is 15.8. The highest BCUT2D eigenvalue weighted by molar-refractivity contribution is 5.30. The molecule has 0 bridgehead atoms. The molecule has 1 saturated carbocycles. The Morgan fingerprint density at radius 3 is 2.69 bits per heavy atom. The minimum absolute atomic E-state index is 0.592. The van der Waals surface area contributed by atoms with E-state index < -0.39 is 0 Å². The third-order valence-electron chi connectivity index (χ3n) is 2.38. The van der Waals surface area contributed by atoms with E-state index in [4.69, 9.17) is 4.74 Å². The molecule has 0 aliphatic heterocycles. The molecule has 2 heteroatoms. The van der Waals surface area contributed by atoms with Gasteiger partial charge in [0.2, 0.25) is 5.88 Å². The lowest BCUT2D eigenvalue weighted by atomic mass is 10.1. The summed E-state index contributed by atoms with van der Waals surface area (Å²) in [5, 5.41) is 1.70. The summed E-state index contributed by atoms with van der Waals surface area (Å²) in [5.74, 6) is 1.26. The van der Waals surface area contributed by atoms with Crippen molar-refractivity contribution in [2.24, 2.45) is 0 Å². The molecule has 0 unspecified atom stereocenters. The van der Waals surface area contributed by atoms with Crippen LogP contribution in [0.1, 0.15) is 24.3 Å². The van der Waals surface area contributed by atoms with Crippen molar-refractivity contribution in [1.29, 1.82) is 0 Å². The summed E-state index contributed by atoms with van der Waals surface area (Å²) >= 11 is 0. The van der Waals surface area contributed by atoms with E-state index >= 15 is 0 Å². The van der Waals surface area contributed by atoms with E-state index in [0.717, 1.165) is 10.6 Å². The Morgan fingerprint density at radius 1 is 1.46 bits per heavy atom. The summed E-state index contributed by atoms with van der Waals surface area (Å²) < 4.78 is 5.07. The van der Waals surface area contributed by atoms with Crippen LogP contribution in [0.15, 0.2) is 6.07 Å². The molecule has 1 aliphatic carbocycles. The average molecular weight is 175 g/mol. The molecule has 2 nitrogen and oxygen atoms in total. The lowest BCUT2D eigenvalue weighted by molar-refractivity contribution is 0.393. The fourth-order valence-corrected chi connectivity index (χ4v) is 1.52. The van der Waals surface area contributed by atoms with Crippen molar-refractivity contribution in [2.45, 2.75) is 18.8 Å². The molecular formula is C11H13NO. The van der Waals surface area contributed by atoms with Crippen LogP contribution in [-0.4, -0.2) is 12.1 Å². The van der Waals surface area contributed by atoms with Crippen LogP contribution in [0.4, 0.5) is 0 Å². The summed E-state index contributed by atoms with van der Waals surface area (Å²) in [6, 6.07) is 2.05. The molecule has 1 heterocycles. The Balaban J connectivity index is 2.55. The summed E-state index contributed by atoms with van der Waals surface area (Å²) in [6.07, 6.45) is 2.52. The predicted molar refractivity (Wildman–Crippen MR) is 53.1 cm³/mol. The van der Waals surface area contributed by atoms with Crippen molar-refractivity contribution in [2.75, 3.05) is 7.11 Å². The first kappa shape index (κ1) is 8.30. The van der Waals surface area contributed by atoms with Crippen molar-refractivity contribution in [3.63, 3.8) is 0 Å². The SMILES string of the molecule is C=c1cc(C2CC2)c(=C)nc1OC. The fraction of sp³-hybridized carbons (Fsp3) is 0.364. The van der Waals surface area contributed by atoms with Gasteiger partial charge in [0, 0.05) is 5.22 Å². The van der Waals surface area contributed by atoms with E-state index in [1.54, 1.807) is 7.11 Å². The molecule has 0 N–H and O–H groups in total. The zero-order valence-corrected chi connectivity index (χ0v) is 7.84. The molecule has 0 radical (unpaired) electrons. The van der Waals surface area contributed by atoms with Gasteiger partial charge in [-0.1, -0.05) is 13.2 Å². The van der Waals surface area contributed by atoms with Crippen LogP contribution in [0, 0.1) is 0 Å². The maximum Gasteiger partial charge on any atom is 0.220 e. The first-order chi connectivity index (χ1) is 6.22. The molecule has 0 aromatic carbocycles. The Labute approximate surface area is 77.6 Å². The molecule has 68 valence electrons. The van der Waals surface area contributed by atoms with Crippen LogP contribution in [0.5, 0.6) is 5.88 Å². The van der Waals surface area contributed by atoms with Crippen LogP contribution in [0.2, 0.25) is 0 Å². The maximum absolute atomic E-state index is 5.07. The molecule has 13 heavy (non-hydrogen) atoms. The van der Waals surface area contributed by atoms with E-state index in [1.807, 2.05) is 6.07 Å². The van der Waals surface area contributed by atoms with Crippen LogP contribution in [-0.2, 0) is 0 Å². The predicted octanol–water partition coefficient (Wildman–Crippen LogP) is 0.788. The number of nitrogens with zero attached hydrogens (tertiary/aromatic N) is 1. The minimum atomic E-state index is 0.592. The van der Waals surface area contributed by atoms with E-state index in [9.17, 15) is 0 Å². The average Bonchev–Trinajstić information content (AvgIpc) is 2.91. The lowest BCUT2D eigenvalue weighted by Crippen LogP contribution is -2.19. The summed E-state index contributed by atoms with van der Waals surface area (Å²) in [7, 11) is 1.60. The Bertz CT molecular complexity index is 420. The summed E-state index contributed by atoms with van der Waals surface area (Å²) in [4.78, 5) is 4.26. The van der Waals surface area contributed by atoms with Gasteiger partial charge in [0.1, 0.15) is 0 Å². The summed E-state index contributed by atoms with van der Waals surface area (Å²) in [5.41, 5.74) is 1.24. The van der Waals surface area contributed by atoms with E-state index in [1.165, 1.54) is 18.4 Å². The monoisotopic (exact) mass is 175 g/mol. The smallest absolute Gasteiger partial charge is 0.220 e. The number of hydrogen-bond donors (Lipinski definition) is 0. The zero-order chi connectivity index (χ0) is 9.42. The first-order valence-electron chi connectivity index (χ1n) is 4.45. The molecule has 2 rings (SSSR count). The molecule has 0 saturated heterocycles. The Hall–Kier alpha value is -1.31. The number of rotatable bonds is 2. The number of methoxy groups -OCH3 is 1. The molecular weight excluding hydrogens is 162 g/mol. The highest BCUT2D eigenvalue weighted by Gasteiger charge is 2.24. The van der Waals surface area contributed by atoms with Gasteiger partial charge in [-0.05, 0) is 30.4 Å². The van der Waals surface area contributed by atoms with Gasteiger partial charge in [-0.3, -0.25) is 0 Å². The van der Waals surface area contributed by atoms with E-state index in [-0.39, 0.29) is 0 Å². The number of pyridine rings is 1. The quantitative estimate of drug-likeness (QED) is 0.663. The molecule has 0 amide bonds. The topological polar surface area (TPSA) is 22.1 Å². The Morgan fingerprint density at radius 2 is 2.15 bits per heavy atom. The van der Waals surface area contributed by atoms with Crippen LogP contribution in [0.25, 0.3) is 13.2 Å². The van der Waals surface area contributed by atoms with Gasteiger partial charge in [0.15, 0.2) is 0 Å². The van der Waals surface area contributed by atoms with Crippen LogP contribution in [0.3, 0.4) is 0 Å². The van der Waals surface area contributed by atoms with Crippen LogP contribution >= 0.6 is 0 Å². The lowest BCUT2D eigenvalue weighted by Gasteiger charge is -2.02. The highest BCUT2D eigenvalue weighted by atomic mass is 16.5. The van der Waals surface area contributed by atoms with Gasteiger partial charge < -0.3 is 4.74 Å². The molecule has 1 aromatic rings. The second kappa shape index (κ2) is 2.87. The fourth-order valence-electron chi connectivity index (χ4n) is 1.52. The highest BCUT2D eigenvalue weighted by Crippen LogP contribution is 2.37. The largest absolute Gasteiger partial charge is 0.481 e. The van der Waals surface area contributed by atoms with Crippen molar-refractivity contribution < 1.29 is 4.74 Å². The standard InChI is InChI=1S/C11H13NO/c1-7-6-10(9-4-5-9)8(2)12-11(7)13-3/h6,9H,1-2,4-5H2,3H3. The summed E-state index contributed by atoms with van der Waals surface area (Å²) in [6.45, 7) is 7.80. The van der Waals surface area contributed by atoms with Gasteiger partial charge >= 0.3 is 0 Å².